The normalized spacial score (nSPS) is 12.1. The van der Waals surface area contributed by atoms with E-state index in [1.54, 1.807) is 6.92 Å². The lowest BCUT2D eigenvalue weighted by molar-refractivity contribution is 0.0587. The van der Waals surface area contributed by atoms with Gasteiger partial charge in [-0.15, -0.1) is 0 Å². The van der Waals surface area contributed by atoms with E-state index in [9.17, 15) is 4.79 Å². The summed E-state index contributed by atoms with van der Waals surface area (Å²) in [5.74, 6) is -1.07. The van der Waals surface area contributed by atoms with Crippen molar-refractivity contribution in [2.24, 2.45) is 0 Å². The number of aromatic carboxylic acids is 1. The van der Waals surface area contributed by atoms with Gasteiger partial charge in [-0.3, -0.25) is 0 Å². The van der Waals surface area contributed by atoms with Crippen LogP contribution in [0.25, 0.3) is 0 Å². The van der Waals surface area contributed by atoms with Gasteiger partial charge in [0, 0.05) is 6.61 Å². The van der Waals surface area contributed by atoms with E-state index >= 15 is 0 Å². The molecule has 17 heavy (non-hydrogen) atoms. The molecule has 0 aliphatic carbocycles. The minimum Gasteiger partial charge on any atom is -0.477 e. The summed E-state index contributed by atoms with van der Waals surface area (Å²) < 4.78 is 10.6. The Morgan fingerprint density at radius 2 is 2.35 bits per heavy atom. The Morgan fingerprint density at radius 1 is 1.65 bits per heavy atom. The smallest absolute Gasteiger partial charge is 0.341 e. The summed E-state index contributed by atoms with van der Waals surface area (Å²) in [7, 11) is 0. The first-order valence-electron chi connectivity index (χ1n) is 5.27. The maximum Gasteiger partial charge on any atom is 0.341 e. The third-order valence-electron chi connectivity index (χ3n) is 1.97. The van der Waals surface area contributed by atoms with Crippen molar-refractivity contribution in [2.45, 2.75) is 20.0 Å². The first-order chi connectivity index (χ1) is 8.04. The summed E-state index contributed by atoms with van der Waals surface area (Å²) in [4.78, 5) is 14.8. The molecule has 0 aromatic carbocycles. The van der Waals surface area contributed by atoms with Gasteiger partial charge >= 0.3 is 5.97 Å². The largest absolute Gasteiger partial charge is 0.477 e. The van der Waals surface area contributed by atoms with Gasteiger partial charge in [-0.2, -0.15) is 0 Å². The molecule has 0 saturated heterocycles. The zero-order chi connectivity index (χ0) is 12.8. The number of nitrogens with zero attached hydrogens (tertiary/aromatic N) is 1. The van der Waals surface area contributed by atoms with Crippen LogP contribution >= 0.6 is 0 Å². The monoisotopic (exact) mass is 240 g/mol. The van der Waals surface area contributed by atoms with Crippen molar-refractivity contribution in [3.05, 3.63) is 17.8 Å². The summed E-state index contributed by atoms with van der Waals surface area (Å²) in [5.41, 5.74) is 5.71. The second-order valence-corrected chi connectivity index (χ2v) is 3.51. The summed E-state index contributed by atoms with van der Waals surface area (Å²) in [6.07, 6.45) is 1.08. The number of carboxylic acids is 1. The van der Waals surface area contributed by atoms with Crippen LogP contribution in [0, 0.1) is 0 Å². The van der Waals surface area contributed by atoms with Crippen LogP contribution in [0.15, 0.2) is 12.3 Å². The molecule has 0 saturated carbocycles. The van der Waals surface area contributed by atoms with Crippen molar-refractivity contribution in [3.63, 3.8) is 0 Å². The highest BCUT2D eigenvalue weighted by atomic mass is 16.5. The van der Waals surface area contributed by atoms with E-state index in [0.717, 1.165) is 0 Å². The van der Waals surface area contributed by atoms with Crippen LogP contribution in [-0.4, -0.2) is 35.4 Å². The molecule has 1 unspecified atom stereocenters. The fourth-order valence-corrected chi connectivity index (χ4v) is 1.22. The molecule has 0 aliphatic heterocycles. The van der Waals surface area contributed by atoms with Gasteiger partial charge < -0.3 is 20.3 Å². The molecule has 0 amide bonds. The van der Waals surface area contributed by atoms with E-state index in [-0.39, 0.29) is 23.2 Å². The minimum absolute atomic E-state index is 0.0478. The molecule has 0 radical (unpaired) electrons. The Morgan fingerprint density at radius 3 is 2.94 bits per heavy atom. The molecular formula is C11H16N2O4. The first kappa shape index (κ1) is 13.2. The lowest BCUT2D eigenvalue weighted by atomic mass is 10.2. The molecule has 0 bridgehead atoms. The number of hydrogen-bond acceptors (Lipinski definition) is 5. The second-order valence-electron chi connectivity index (χ2n) is 3.51. The molecule has 94 valence electrons. The number of rotatable bonds is 6. The van der Waals surface area contributed by atoms with E-state index < -0.39 is 5.97 Å². The molecule has 1 aromatic heterocycles. The number of nitrogen functional groups attached to an aromatic ring is 1. The van der Waals surface area contributed by atoms with E-state index in [1.165, 1.54) is 12.3 Å². The van der Waals surface area contributed by atoms with E-state index in [1.807, 2.05) is 6.92 Å². The van der Waals surface area contributed by atoms with Gasteiger partial charge in [0.2, 0.25) is 5.88 Å². The number of nitrogens with two attached hydrogens (primary N) is 1. The molecule has 1 atom stereocenters. The van der Waals surface area contributed by atoms with Gasteiger partial charge in [-0.1, -0.05) is 0 Å². The Kier molecular flexibility index (Phi) is 4.71. The van der Waals surface area contributed by atoms with E-state index in [2.05, 4.69) is 4.98 Å². The highest BCUT2D eigenvalue weighted by molar-refractivity contribution is 5.91. The van der Waals surface area contributed by atoms with Crippen molar-refractivity contribution < 1.29 is 19.4 Å². The van der Waals surface area contributed by atoms with Crippen molar-refractivity contribution in [3.8, 4) is 5.88 Å². The lowest BCUT2D eigenvalue weighted by Crippen LogP contribution is -2.21. The predicted octanol–water partition coefficient (Wildman–Crippen LogP) is 1.17. The fraction of sp³-hybridized carbons (Fsp3) is 0.455. The zero-order valence-corrected chi connectivity index (χ0v) is 9.84. The van der Waals surface area contributed by atoms with Crippen LogP contribution in [0.2, 0.25) is 0 Å². The second kappa shape index (κ2) is 6.05. The number of carbonyl (C=O) groups is 1. The summed E-state index contributed by atoms with van der Waals surface area (Å²) in [6, 6.07) is 1.32. The SMILES string of the molecule is CCOCC(C)Oc1ncc(N)cc1C(=O)O. The molecule has 3 N–H and O–H groups in total. The van der Waals surface area contributed by atoms with Gasteiger partial charge in [-0.25, -0.2) is 9.78 Å². The summed E-state index contributed by atoms with van der Waals surface area (Å²) in [5, 5.41) is 8.97. The number of carboxylic acid groups (broad SMARTS) is 1. The average Bonchev–Trinajstić information content (AvgIpc) is 2.28. The Hall–Kier alpha value is -1.82. The molecule has 0 aliphatic rings. The van der Waals surface area contributed by atoms with Gasteiger partial charge in [-0.05, 0) is 19.9 Å². The van der Waals surface area contributed by atoms with Gasteiger partial charge in [0.25, 0.3) is 0 Å². The Labute approximate surface area is 99.4 Å². The van der Waals surface area contributed by atoms with Gasteiger partial charge in [0.1, 0.15) is 11.7 Å². The van der Waals surface area contributed by atoms with Crippen molar-refractivity contribution >= 4 is 11.7 Å². The molecule has 1 heterocycles. The Balaban J connectivity index is 2.79. The van der Waals surface area contributed by atoms with Gasteiger partial charge in [0.15, 0.2) is 0 Å². The van der Waals surface area contributed by atoms with Crippen LogP contribution in [0.5, 0.6) is 5.88 Å². The first-order valence-corrected chi connectivity index (χ1v) is 5.27. The molecule has 1 rings (SSSR count). The topological polar surface area (TPSA) is 94.7 Å². The molecule has 6 nitrogen and oxygen atoms in total. The number of ether oxygens (including phenoxy) is 2. The number of pyridine rings is 1. The molecule has 6 heteroatoms. The zero-order valence-electron chi connectivity index (χ0n) is 9.84. The van der Waals surface area contributed by atoms with E-state index in [0.29, 0.717) is 13.2 Å². The summed E-state index contributed by atoms with van der Waals surface area (Å²) >= 11 is 0. The quantitative estimate of drug-likeness (QED) is 0.775. The highest BCUT2D eigenvalue weighted by Gasteiger charge is 2.15. The highest BCUT2D eigenvalue weighted by Crippen LogP contribution is 2.19. The third kappa shape index (κ3) is 3.92. The van der Waals surface area contributed by atoms with Crippen molar-refractivity contribution in [1.82, 2.24) is 4.98 Å². The molecule has 1 aromatic rings. The lowest BCUT2D eigenvalue weighted by Gasteiger charge is -2.15. The van der Waals surface area contributed by atoms with Gasteiger partial charge in [0.05, 0.1) is 18.5 Å². The fourth-order valence-electron chi connectivity index (χ4n) is 1.22. The Bertz CT molecular complexity index is 395. The standard InChI is InChI=1S/C11H16N2O4/c1-3-16-6-7(2)17-10-9(11(14)15)4-8(12)5-13-10/h4-5,7H,3,6,12H2,1-2H3,(H,14,15). The number of hydrogen-bond donors (Lipinski definition) is 2. The van der Waals surface area contributed by atoms with E-state index in [4.69, 9.17) is 20.3 Å². The van der Waals surface area contributed by atoms with Crippen LogP contribution in [-0.2, 0) is 4.74 Å². The molecule has 0 fully saturated rings. The maximum atomic E-state index is 11.0. The molecule has 0 spiro atoms. The van der Waals surface area contributed by atoms with Crippen LogP contribution in [0.4, 0.5) is 5.69 Å². The van der Waals surface area contributed by atoms with Crippen LogP contribution in [0.1, 0.15) is 24.2 Å². The molecular weight excluding hydrogens is 224 g/mol. The predicted molar refractivity (Wildman–Crippen MR) is 62.2 cm³/mol. The van der Waals surface area contributed by atoms with Crippen LogP contribution in [0.3, 0.4) is 0 Å². The third-order valence-corrected chi connectivity index (χ3v) is 1.97. The number of anilines is 1. The maximum absolute atomic E-state index is 11.0. The number of aromatic nitrogens is 1. The van der Waals surface area contributed by atoms with Crippen molar-refractivity contribution in [2.75, 3.05) is 18.9 Å². The minimum atomic E-state index is -1.12. The average molecular weight is 240 g/mol. The van der Waals surface area contributed by atoms with Crippen molar-refractivity contribution in [1.29, 1.82) is 0 Å². The summed E-state index contributed by atoms with van der Waals surface area (Å²) in [6.45, 7) is 4.60. The van der Waals surface area contributed by atoms with Crippen LogP contribution < -0.4 is 10.5 Å².